The summed E-state index contributed by atoms with van der Waals surface area (Å²) in [6, 6.07) is 2.72. The highest BCUT2D eigenvalue weighted by atomic mass is 19.4. The molecule has 1 aromatic carbocycles. The van der Waals surface area contributed by atoms with Crippen LogP contribution in [-0.2, 0) is 12.6 Å². The van der Waals surface area contributed by atoms with E-state index in [9.17, 15) is 17.6 Å². The third-order valence-electron chi connectivity index (χ3n) is 1.79. The topological polar surface area (TPSA) is 49.8 Å². The van der Waals surface area contributed by atoms with Gasteiger partial charge in [-0.2, -0.15) is 18.4 Å². The van der Waals surface area contributed by atoms with Gasteiger partial charge in [-0.05, 0) is 12.1 Å². The lowest BCUT2D eigenvalue weighted by Gasteiger charge is -2.11. The van der Waals surface area contributed by atoms with Crippen LogP contribution in [0.3, 0.4) is 0 Å². The molecule has 0 aliphatic rings. The molecule has 2 N–H and O–H groups in total. The summed E-state index contributed by atoms with van der Waals surface area (Å²) in [5.41, 5.74) is 2.93. The third-order valence-corrected chi connectivity index (χ3v) is 1.79. The molecule has 0 amide bonds. The minimum atomic E-state index is -4.64. The Morgan fingerprint density at radius 1 is 1.33 bits per heavy atom. The van der Waals surface area contributed by atoms with Gasteiger partial charge in [-0.1, -0.05) is 0 Å². The van der Waals surface area contributed by atoms with Crippen molar-refractivity contribution in [2.75, 3.05) is 5.73 Å². The number of nitriles is 1. The van der Waals surface area contributed by atoms with Crippen molar-refractivity contribution in [3.63, 3.8) is 0 Å². The molecule has 80 valence electrons. The van der Waals surface area contributed by atoms with Crippen molar-refractivity contribution in [3.8, 4) is 6.07 Å². The van der Waals surface area contributed by atoms with E-state index in [2.05, 4.69) is 0 Å². The highest BCUT2D eigenvalue weighted by Crippen LogP contribution is 2.34. The molecule has 1 rings (SSSR count). The number of nitrogens with zero attached hydrogens (tertiary/aromatic N) is 1. The Balaban J connectivity index is 3.31. The van der Waals surface area contributed by atoms with E-state index >= 15 is 0 Å². The number of halogens is 4. The van der Waals surface area contributed by atoms with E-state index in [1.54, 1.807) is 6.07 Å². The van der Waals surface area contributed by atoms with Gasteiger partial charge in [-0.15, -0.1) is 0 Å². The molecule has 0 heterocycles. The Morgan fingerprint density at radius 2 is 1.93 bits per heavy atom. The lowest BCUT2D eigenvalue weighted by atomic mass is 10.1. The SMILES string of the molecule is N#CCc1cc(C(F)(F)F)c(N)cc1F. The van der Waals surface area contributed by atoms with Crippen LogP contribution >= 0.6 is 0 Å². The molecule has 0 fully saturated rings. The second kappa shape index (κ2) is 3.77. The van der Waals surface area contributed by atoms with Crippen molar-refractivity contribution in [3.05, 3.63) is 29.1 Å². The molecular formula is C9H6F4N2. The van der Waals surface area contributed by atoms with Crippen LogP contribution in [0.2, 0.25) is 0 Å². The van der Waals surface area contributed by atoms with Gasteiger partial charge in [-0.25, -0.2) is 4.39 Å². The fourth-order valence-electron chi connectivity index (χ4n) is 1.10. The van der Waals surface area contributed by atoms with Crippen LogP contribution in [0, 0.1) is 17.1 Å². The summed E-state index contributed by atoms with van der Waals surface area (Å²) >= 11 is 0. The average Bonchev–Trinajstić information content (AvgIpc) is 2.07. The van der Waals surface area contributed by atoms with Crippen LogP contribution in [0.5, 0.6) is 0 Å². The maximum atomic E-state index is 13.0. The maximum absolute atomic E-state index is 13.0. The van der Waals surface area contributed by atoms with Crippen molar-refractivity contribution in [2.24, 2.45) is 0 Å². The fourth-order valence-corrected chi connectivity index (χ4v) is 1.10. The van der Waals surface area contributed by atoms with E-state index < -0.39 is 29.7 Å². The second-order valence-corrected chi connectivity index (χ2v) is 2.86. The lowest BCUT2D eigenvalue weighted by molar-refractivity contribution is -0.137. The van der Waals surface area contributed by atoms with E-state index in [1.807, 2.05) is 0 Å². The molecule has 1 aromatic rings. The predicted molar refractivity (Wildman–Crippen MR) is 45.1 cm³/mol. The van der Waals surface area contributed by atoms with Gasteiger partial charge in [0.15, 0.2) is 0 Å². The van der Waals surface area contributed by atoms with Gasteiger partial charge in [-0.3, -0.25) is 0 Å². The zero-order chi connectivity index (χ0) is 11.6. The van der Waals surface area contributed by atoms with Crippen LogP contribution in [0.25, 0.3) is 0 Å². The first-order chi connectivity index (χ1) is 6.86. The lowest BCUT2D eigenvalue weighted by Crippen LogP contribution is -2.10. The Bertz CT molecular complexity index is 417. The Hall–Kier alpha value is -1.77. The van der Waals surface area contributed by atoms with Crippen LogP contribution in [0.4, 0.5) is 23.2 Å². The molecule has 0 spiro atoms. The Kier molecular flexibility index (Phi) is 2.84. The van der Waals surface area contributed by atoms with Gasteiger partial charge >= 0.3 is 6.18 Å². The summed E-state index contributed by atoms with van der Waals surface area (Å²) in [6.07, 6.45) is -5.06. The summed E-state index contributed by atoms with van der Waals surface area (Å²) in [4.78, 5) is 0. The van der Waals surface area contributed by atoms with Crippen molar-refractivity contribution in [1.29, 1.82) is 5.26 Å². The van der Waals surface area contributed by atoms with E-state index in [-0.39, 0.29) is 5.56 Å². The van der Waals surface area contributed by atoms with Crippen LogP contribution in [0.15, 0.2) is 12.1 Å². The van der Waals surface area contributed by atoms with Crippen LogP contribution in [0.1, 0.15) is 11.1 Å². The molecule has 0 atom stereocenters. The summed E-state index contributed by atoms with van der Waals surface area (Å²) in [6.45, 7) is 0. The van der Waals surface area contributed by atoms with Gasteiger partial charge in [0, 0.05) is 11.3 Å². The standard InChI is InChI=1S/C9H6F4N2/c10-7-4-8(15)6(9(11,12)13)3-5(7)1-2-14/h3-4H,1,15H2. The largest absolute Gasteiger partial charge is 0.418 e. The minimum Gasteiger partial charge on any atom is -0.398 e. The molecule has 0 saturated heterocycles. The predicted octanol–water partition coefficient (Wildman–Crippen LogP) is 2.49. The maximum Gasteiger partial charge on any atom is 0.418 e. The molecular weight excluding hydrogens is 212 g/mol. The third kappa shape index (κ3) is 2.37. The highest BCUT2D eigenvalue weighted by molar-refractivity contribution is 5.51. The molecule has 0 bridgehead atoms. The molecule has 0 aliphatic carbocycles. The van der Waals surface area contributed by atoms with Crippen molar-refractivity contribution in [2.45, 2.75) is 12.6 Å². The number of hydrogen-bond donors (Lipinski definition) is 1. The zero-order valence-corrected chi connectivity index (χ0v) is 7.40. The Labute approximate surface area is 82.9 Å². The molecule has 15 heavy (non-hydrogen) atoms. The molecule has 0 aliphatic heterocycles. The highest BCUT2D eigenvalue weighted by Gasteiger charge is 2.33. The van der Waals surface area contributed by atoms with E-state index in [1.165, 1.54) is 0 Å². The molecule has 0 radical (unpaired) electrons. The summed E-state index contributed by atoms with van der Waals surface area (Å²) in [7, 11) is 0. The van der Waals surface area contributed by atoms with Crippen molar-refractivity contribution >= 4 is 5.69 Å². The fraction of sp³-hybridized carbons (Fsp3) is 0.222. The molecule has 6 heteroatoms. The molecule has 0 saturated carbocycles. The van der Waals surface area contributed by atoms with Crippen molar-refractivity contribution in [1.82, 2.24) is 0 Å². The van der Waals surface area contributed by atoms with E-state index in [0.717, 1.165) is 0 Å². The van der Waals surface area contributed by atoms with Crippen LogP contribution in [-0.4, -0.2) is 0 Å². The number of nitrogen functional groups attached to an aromatic ring is 1. The number of anilines is 1. The van der Waals surface area contributed by atoms with Gasteiger partial charge in [0.25, 0.3) is 0 Å². The first-order valence-electron chi connectivity index (χ1n) is 3.88. The monoisotopic (exact) mass is 218 g/mol. The minimum absolute atomic E-state index is 0.306. The summed E-state index contributed by atoms with van der Waals surface area (Å²) in [5.74, 6) is -0.901. The quantitative estimate of drug-likeness (QED) is 0.581. The van der Waals surface area contributed by atoms with E-state index in [4.69, 9.17) is 11.0 Å². The summed E-state index contributed by atoms with van der Waals surface area (Å²) < 4.78 is 50.0. The molecule has 2 nitrogen and oxygen atoms in total. The van der Waals surface area contributed by atoms with Gasteiger partial charge in [0.2, 0.25) is 0 Å². The average molecular weight is 218 g/mol. The number of alkyl halides is 3. The first-order valence-corrected chi connectivity index (χ1v) is 3.88. The number of hydrogen-bond acceptors (Lipinski definition) is 2. The Morgan fingerprint density at radius 3 is 2.40 bits per heavy atom. The summed E-state index contributed by atoms with van der Waals surface area (Å²) in [5, 5.41) is 8.28. The second-order valence-electron chi connectivity index (χ2n) is 2.86. The van der Waals surface area contributed by atoms with Gasteiger partial charge < -0.3 is 5.73 Å². The number of rotatable bonds is 1. The first kappa shape index (κ1) is 11.3. The number of benzene rings is 1. The zero-order valence-electron chi connectivity index (χ0n) is 7.40. The van der Waals surface area contributed by atoms with Gasteiger partial charge in [0.1, 0.15) is 5.82 Å². The van der Waals surface area contributed by atoms with Gasteiger partial charge in [0.05, 0.1) is 18.1 Å². The molecule has 0 aromatic heterocycles. The van der Waals surface area contributed by atoms with Crippen LogP contribution < -0.4 is 5.73 Å². The smallest absolute Gasteiger partial charge is 0.398 e. The van der Waals surface area contributed by atoms with Crippen molar-refractivity contribution < 1.29 is 17.6 Å². The normalized spacial score (nSPS) is 11.1. The molecule has 0 unspecified atom stereocenters. The number of nitrogens with two attached hydrogens (primary N) is 1. The van der Waals surface area contributed by atoms with E-state index in [0.29, 0.717) is 12.1 Å².